The van der Waals surface area contributed by atoms with Gasteiger partial charge in [0.25, 0.3) is 0 Å². The lowest BCUT2D eigenvalue weighted by Gasteiger charge is -2.43. The number of halogens is 2. The third-order valence-corrected chi connectivity index (χ3v) is 8.25. The molecule has 41 heavy (non-hydrogen) atoms. The van der Waals surface area contributed by atoms with E-state index in [-0.39, 0.29) is 36.6 Å². The van der Waals surface area contributed by atoms with Gasteiger partial charge in [0.2, 0.25) is 0 Å². The summed E-state index contributed by atoms with van der Waals surface area (Å²) in [6, 6.07) is 14.7. The SMILES string of the molecule is CCOC(=O)C1=C(N)N(c2ccc(F)cc2)C2=C(C(=O)[C@H](C(=O)OCC)[C@@H](c3cccs3)C2)[C@H]1c1cccc(F)c1. The summed E-state index contributed by atoms with van der Waals surface area (Å²) in [4.78, 5) is 43.7. The molecule has 212 valence electrons. The predicted molar refractivity (Wildman–Crippen MR) is 150 cm³/mol. The van der Waals surface area contributed by atoms with Gasteiger partial charge in [-0.3, -0.25) is 14.5 Å². The molecule has 3 atom stereocenters. The number of anilines is 1. The molecule has 0 unspecified atom stereocenters. The second kappa shape index (κ2) is 11.7. The highest BCUT2D eigenvalue weighted by atomic mass is 32.1. The molecule has 0 saturated heterocycles. The van der Waals surface area contributed by atoms with Crippen LogP contribution in [0.25, 0.3) is 0 Å². The Labute approximate surface area is 239 Å². The molecule has 2 aliphatic rings. The Morgan fingerprint density at radius 1 is 1.00 bits per heavy atom. The van der Waals surface area contributed by atoms with Crippen molar-refractivity contribution in [2.24, 2.45) is 11.7 Å². The van der Waals surface area contributed by atoms with E-state index in [2.05, 4.69) is 0 Å². The number of ether oxygens (including phenoxy) is 2. The van der Waals surface area contributed by atoms with Gasteiger partial charge in [0, 0.05) is 27.8 Å². The number of allylic oxidation sites excluding steroid dienone is 2. The zero-order valence-electron chi connectivity index (χ0n) is 22.4. The van der Waals surface area contributed by atoms with Crippen LogP contribution >= 0.6 is 11.3 Å². The van der Waals surface area contributed by atoms with Crippen molar-refractivity contribution < 1.29 is 32.6 Å². The largest absolute Gasteiger partial charge is 0.465 e. The molecule has 2 heterocycles. The van der Waals surface area contributed by atoms with Crippen molar-refractivity contribution >= 4 is 34.7 Å². The number of carbonyl (C=O) groups excluding carboxylic acids is 3. The molecule has 5 rings (SSSR count). The number of benzene rings is 2. The van der Waals surface area contributed by atoms with Crippen molar-refractivity contribution in [3.05, 3.63) is 111 Å². The maximum atomic E-state index is 14.6. The molecule has 0 bridgehead atoms. The normalized spacial score (nSPS) is 20.6. The summed E-state index contributed by atoms with van der Waals surface area (Å²) < 4.78 is 39.2. The molecule has 7 nitrogen and oxygen atoms in total. The van der Waals surface area contributed by atoms with Gasteiger partial charge in [0.05, 0.1) is 24.7 Å². The molecule has 10 heteroatoms. The highest BCUT2D eigenvalue weighted by molar-refractivity contribution is 7.10. The number of hydrogen-bond acceptors (Lipinski definition) is 8. The Morgan fingerprint density at radius 2 is 1.73 bits per heavy atom. The summed E-state index contributed by atoms with van der Waals surface area (Å²) >= 11 is 1.40. The van der Waals surface area contributed by atoms with Gasteiger partial charge in [-0.05, 0) is 73.7 Å². The van der Waals surface area contributed by atoms with E-state index in [4.69, 9.17) is 15.2 Å². The highest BCUT2D eigenvalue weighted by Crippen LogP contribution is 2.52. The molecule has 1 aliphatic heterocycles. The number of hydrogen-bond donors (Lipinski definition) is 1. The number of nitrogens with zero attached hydrogens (tertiary/aromatic N) is 1. The van der Waals surface area contributed by atoms with Crippen molar-refractivity contribution in [3.63, 3.8) is 0 Å². The zero-order chi connectivity index (χ0) is 29.3. The first-order chi connectivity index (χ1) is 19.8. The van der Waals surface area contributed by atoms with Crippen molar-refractivity contribution in [3.8, 4) is 0 Å². The van der Waals surface area contributed by atoms with E-state index in [0.29, 0.717) is 16.9 Å². The summed E-state index contributed by atoms with van der Waals surface area (Å²) in [5, 5.41) is 1.85. The van der Waals surface area contributed by atoms with Gasteiger partial charge in [-0.25, -0.2) is 13.6 Å². The third kappa shape index (κ3) is 5.15. The van der Waals surface area contributed by atoms with Crippen LogP contribution in [0.1, 0.15) is 42.5 Å². The van der Waals surface area contributed by atoms with Gasteiger partial charge >= 0.3 is 11.9 Å². The lowest BCUT2D eigenvalue weighted by molar-refractivity contribution is -0.152. The summed E-state index contributed by atoms with van der Waals surface area (Å²) in [6.07, 6.45) is 0.172. The van der Waals surface area contributed by atoms with Crippen molar-refractivity contribution in [1.82, 2.24) is 0 Å². The average molecular weight is 579 g/mol. The van der Waals surface area contributed by atoms with Gasteiger partial charge < -0.3 is 15.2 Å². The van der Waals surface area contributed by atoms with Crippen LogP contribution in [0.5, 0.6) is 0 Å². The third-order valence-electron chi connectivity index (χ3n) is 7.25. The lowest BCUT2D eigenvalue weighted by Crippen LogP contribution is -2.46. The molecular formula is C31H28F2N2O5S. The average Bonchev–Trinajstić information content (AvgIpc) is 3.48. The molecule has 1 aromatic heterocycles. The Balaban J connectivity index is 1.82. The fourth-order valence-electron chi connectivity index (χ4n) is 5.61. The Hall–Kier alpha value is -4.31. The predicted octanol–water partition coefficient (Wildman–Crippen LogP) is 5.55. The molecule has 2 N–H and O–H groups in total. The molecule has 2 aromatic carbocycles. The quantitative estimate of drug-likeness (QED) is 0.290. The molecule has 0 fully saturated rings. The first-order valence-corrected chi connectivity index (χ1v) is 14.1. The van der Waals surface area contributed by atoms with Crippen LogP contribution < -0.4 is 10.6 Å². The minimum atomic E-state index is -1.21. The molecule has 0 saturated carbocycles. The Bertz CT molecular complexity index is 1550. The molecule has 0 spiro atoms. The number of nitrogens with two attached hydrogens (primary N) is 1. The van der Waals surface area contributed by atoms with Gasteiger partial charge in [-0.2, -0.15) is 0 Å². The number of rotatable bonds is 7. The number of ketones is 1. The Kier molecular flexibility index (Phi) is 8.03. The highest BCUT2D eigenvalue weighted by Gasteiger charge is 2.51. The van der Waals surface area contributed by atoms with E-state index in [1.54, 1.807) is 19.9 Å². The first-order valence-electron chi connectivity index (χ1n) is 13.2. The van der Waals surface area contributed by atoms with Gasteiger partial charge in [0.15, 0.2) is 5.78 Å². The van der Waals surface area contributed by atoms with Crippen LogP contribution in [0.15, 0.2) is 88.7 Å². The van der Waals surface area contributed by atoms with Crippen molar-refractivity contribution in [2.45, 2.75) is 32.1 Å². The lowest BCUT2D eigenvalue weighted by atomic mass is 9.68. The van der Waals surface area contributed by atoms with Gasteiger partial charge in [0.1, 0.15) is 23.4 Å². The van der Waals surface area contributed by atoms with Crippen LogP contribution in [0.2, 0.25) is 0 Å². The van der Waals surface area contributed by atoms with Crippen LogP contribution in [0.3, 0.4) is 0 Å². The second-order valence-corrected chi connectivity index (χ2v) is 10.6. The van der Waals surface area contributed by atoms with Crippen molar-refractivity contribution in [2.75, 3.05) is 18.1 Å². The Morgan fingerprint density at radius 3 is 2.37 bits per heavy atom. The number of thiophene rings is 1. The fraction of sp³-hybridized carbons (Fsp3) is 0.258. The maximum Gasteiger partial charge on any atom is 0.338 e. The van der Waals surface area contributed by atoms with E-state index >= 15 is 0 Å². The second-order valence-electron chi connectivity index (χ2n) is 9.60. The fourth-order valence-corrected chi connectivity index (χ4v) is 6.48. The van der Waals surface area contributed by atoms with Crippen LogP contribution in [0, 0.1) is 17.6 Å². The number of carbonyl (C=O) groups is 3. The smallest absolute Gasteiger partial charge is 0.338 e. The minimum Gasteiger partial charge on any atom is -0.465 e. The monoisotopic (exact) mass is 578 g/mol. The van der Waals surface area contributed by atoms with Crippen molar-refractivity contribution in [1.29, 1.82) is 0 Å². The van der Waals surface area contributed by atoms with E-state index in [0.717, 1.165) is 4.88 Å². The first kappa shape index (κ1) is 28.2. The standard InChI is InChI=1S/C31H28F2N2O5S/c1-3-39-30(37)25-21(23-9-6-14-41-23)16-22-26(28(25)36)24(17-7-5-8-19(33)15-17)27(31(38)40-4-2)29(34)35(22)20-12-10-18(32)11-13-20/h5-15,21,24-25H,3-4,16,34H2,1-2H3/t21-,24-,25-/m1/s1. The van der Waals surface area contributed by atoms with E-state index < -0.39 is 47.1 Å². The molecule has 0 radical (unpaired) electrons. The molecular weight excluding hydrogens is 550 g/mol. The van der Waals surface area contributed by atoms with E-state index in [1.165, 1.54) is 58.7 Å². The van der Waals surface area contributed by atoms with E-state index in [9.17, 15) is 23.2 Å². The van der Waals surface area contributed by atoms with Gasteiger partial charge in [-0.1, -0.05) is 18.2 Å². The van der Waals surface area contributed by atoms with Gasteiger partial charge in [-0.15, -0.1) is 11.3 Å². The molecule has 0 amide bonds. The topological polar surface area (TPSA) is 98.9 Å². The maximum absolute atomic E-state index is 14.6. The summed E-state index contributed by atoms with van der Waals surface area (Å²) in [7, 11) is 0. The zero-order valence-corrected chi connectivity index (χ0v) is 23.3. The summed E-state index contributed by atoms with van der Waals surface area (Å²) in [5.41, 5.74) is 7.90. The summed E-state index contributed by atoms with van der Waals surface area (Å²) in [5.74, 6) is -6.04. The van der Waals surface area contributed by atoms with Crippen LogP contribution in [0.4, 0.5) is 14.5 Å². The van der Waals surface area contributed by atoms with Crippen LogP contribution in [-0.4, -0.2) is 30.9 Å². The summed E-state index contributed by atoms with van der Waals surface area (Å²) in [6.45, 7) is 3.38. The number of Topliss-reactive ketones (excluding diaryl/α,β-unsaturated/α-hetero) is 1. The van der Waals surface area contributed by atoms with Crippen LogP contribution in [-0.2, 0) is 23.9 Å². The number of esters is 2. The minimum absolute atomic E-state index is 0.0216. The molecule has 1 aliphatic carbocycles. The molecule has 3 aromatic rings. The van der Waals surface area contributed by atoms with E-state index in [1.807, 2.05) is 17.5 Å².